The number of hydrogen-bond acceptors (Lipinski definition) is 10. The lowest BCUT2D eigenvalue weighted by Gasteiger charge is -2.46. The molecule has 0 spiro atoms. The van der Waals surface area contributed by atoms with Gasteiger partial charge in [0, 0.05) is 12.8 Å². The van der Waals surface area contributed by atoms with E-state index in [1.165, 1.54) is 25.7 Å². The van der Waals surface area contributed by atoms with Crippen LogP contribution in [-0.4, -0.2) is 71.5 Å². The fourth-order valence-corrected chi connectivity index (χ4v) is 18.1. The summed E-state index contributed by atoms with van der Waals surface area (Å²) in [6, 6.07) is 0. The highest BCUT2D eigenvalue weighted by Gasteiger charge is 2.61. The molecule has 4 saturated carbocycles. The van der Waals surface area contributed by atoms with E-state index >= 15 is 0 Å². The molecule has 8 bridgehead atoms. The molecule has 70 heavy (non-hydrogen) atoms. The number of carboxylic acids is 2. The summed E-state index contributed by atoms with van der Waals surface area (Å²) in [5.74, 6) is 4.90. The van der Waals surface area contributed by atoms with Crippen molar-refractivity contribution in [2.45, 2.75) is 178 Å². The summed E-state index contributed by atoms with van der Waals surface area (Å²) in [6.07, 6.45) is 31.7. The molecule has 0 aromatic heterocycles. The Bertz CT molecular complexity index is 1740. The lowest BCUT2D eigenvalue weighted by molar-refractivity contribution is -0.138. The number of aliphatic carboxylic acids is 2. The third-order valence-electron chi connectivity index (χ3n) is 20.5. The molecule has 0 aromatic carbocycles. The van der Waals surface area contributed by atoms with Crippen LogP contribution in [0.1, 0.15) is 128 Å². The second-order valence-electron chi connectivity index (χ2n) is 23.9. The second kappa shape index (κ2) is 23.5. The maximum atomic E-state index is 12.0. The highest BCUT2D eigenvalue weighted by atomic mass is 16.4. The van der Waals surface area contributed by atoms with E-state index in [0.717, 1.165) is 77.0 Å². The number of fused-ring (bicyclic) bond motifs is 20. The SMILES string of the molecule is C=CCC1CCC(CC=C)C2C3NC(NC4NC(NC5NC(NC6NC(N3)C3C(CC=C)CCC(CC=C)C63)C3C(CCCC(=O)O)CCC(CCCC(=O)O)C53)C3C(CC=C)CCC(CC=C)C43)C12. The van der Waals surface area contributed by atoms with Gasteiger partial charge in [-0.3, -0.25) is 52.1 Å². The van der Waals surface area contributed by atoms with Crippen LogP contribution in [0.2, 0.25) is 0 Å². The van der Waals surface area contributed by atoms with Crippen molar-refractivity contribution in [2.75, 3.05) is 0 Å². The standard InChI is InChI=1S/C58H92N8O4/c1-7-15-33-25-26-34(16-8-2)44-43(33)51-59-52(44)61-54-46-36(18-10-4)28-30-38(20-12-6)48(46)56(63-54)65-58-50-40(22-14-24-42(69)70)32-31-39(21-13-23-41(67)68)49(50)57(66-58)64-55-47-37(19-11-5)29-27-35(17-9-3)45(47)53(60-51)62-55/h7-12,33-40,43-66H,1-6,13-32H2,(H,67,68)(H,69,70). The van der Waals surface area contributed by atoms with E-state index in [1.807, 2.05) is 0 Å². The highest BCUT2D eigenvalue weighted by molar-refractivity contribution is 5.66. The summed E-state index contributed by atoms with van der Waals surface area (Å²) < 4.78 is 0. The Morgan fingerprint density at radius 2 is 0.500 bits per heavy atom. The van der Waals surface area contributed by atoms with Crippen LogP contribution in [-0.2, 0) is 9.59 Å². The molecule has 0 radical (unpaired) electrons. The lowest BCUT2D eigenvalue weighted by atomic mass is 9.62. The van der Waals surface area contributed by atoms with Gasteiger partial charge in [0.25, 0.3) is 0 Å². The topological polar surface area (TPSA) is 171 Å². The van der Waals surface area contributed by atoms with Crippen molar-refractivity contribution in [1.29, 1.82) is 0 Å². The molecule has 9 fully saturated rings. The molecule has 5 aliphatic heterocycles. The Morgan fingerprint density at radius 3 is 0.671 bits per heavy atom. The number of carbonyl (C=O) groups is 2. The molecule has 9 aliphatic rings. The first kappa shape index (κ1) is 51.9. The summed E-state index contributed by atoms with van der Waals surface area (Å²) in [4.78, 5) is 24.0. The van der Waals surface area contributed by atoms with E-state index in [4.69, 9.17) is 0 Å². The number of rotatable bonds is 20. The minimum atomic E-state index is -0.731. The third kappa shape index (κ3) is 10.6. The van der Waals surface area contributed by atoms with Crippen LogP contribution >= 0.6 is 0 Å². The lowest BCUT2D eigenvalue weighted by Crippen LogP contribution is -2.62. The molecular weight excluding hydrogens is 873 g/mol. The predicted molar refractivity (Wildman–Crippen MR) is 280 cm³/mol. The van der Waals surface area contributed by atoms with Crippen LogP contribution < -0.4 is 42.5 Å². The van der Waals surface area contributed by atoms with Gasteiger partial charge in [0.2, 0.25) is 0 Å². The average Bonchev–Trinajstić information content (AvgIpc) is 4.09. The molecule has 10 N–H and O–H groups in total. The van der Waals surface area contributed by atoms with Crippen molar-refractivity contribution in [3.63, 3.8) is 0 Å². The monoisotopic (exact) mass is 965 g/mol. The fourth-order valence-electron chi connectivity index (χ4n) is 18.1. The van der Waals surface area contributed by atoms with Gasteiger partial charge in [-0.25, -0.2) is 0 Å². The number of carboxylic acid groups (broad SMARTS) is 2. The van der Waals surface area contributed by atoms with E-state index < -0.39 is 11.9 Å². The zero-order valence-corrected chi connectivity index (χ0v) is 42.4. The first-order valence-electron chi connectivity index (χ1n) is 28.3. The van der Waals surface area contributed by atoms with Crippen LogP contribution in [0.3, 0.4) is 0 Å². The minimum absolute atomic E-state index is 0.0280. The summed E-state index contributed by atoms with van der Waals surface area (Å²) in [7, 11) is 0. The Kier molecular flexibility index (Phi) is 17.4. The Morgan fingerprint density at radius 1 is 0.329 bits per heavy atom. The van der Waals surface area contributed by atoms with Crippen molar-refractivity contribution < 1.29 is 19.8 Å². The molecule has 12 heteroatoms. The Balaban J connectivity index is 1.17. The van der Waals surface area contributed by atoms with Crippen LogP contribution in [0.4, 0.5) is 0 Å². The van der Waals surface area contributed by atoms with Gasteiger partial charge in [-0.15, -0.1) is 39.5 Å². The molecule has 9 rings (SSSR count). The van der Waals surface area contributed by atoms with Crippen LogP contribution in [0.15, 0.2) is 75.9 Å². The van der Waals surface area contributed by atoms with Crippen molar-refractivity contribution in [2.24, 2.45) is 94.7 Å². The summed E-state index contributed by atoms with van der Waals surface area (Å²) >= 11 is 0. The summed E-state index contributed by atoms with van der Waals surface area (Å²) in [5.41, 5.74) is 0. The fraction of sp³-hybridized carbons (Fsp3) is 0.759. The Labute approximate surface area is 421 Å². The highest BCUT2D eigenvalue weighted by Crippen LogP contribution is 2.55. The van der Waals surface area contributed by atoms with Crippen molar-refractivity contribution in [3.05, 3.63) is 75.9 Å². The van der Waals surface area contributed by atoms with Gasteiger partial charge in [-0.1, -0.05) is 36.5 Å². The molecule has 5 heterocycles. The maximum absolute atomic E-state index is 12.0. The molecule has 24 atom stereocenters. The maximum Gasteiger partial charge on any atom is 0.303 e. The zero-order valence-electron chi connectivity index (χ0n) is 42.4. The quantitative estimate of drug-likeness (QED) is 0.0530. The van der Waals surface area contributed by atoms with Gasteiger partial charge in [0.1, 0.15) is 0 Å². The van der Waals surface area contributed by atoms with Gasteiger partial charge < -0.3 is 10.2 Å². The van der Waals surface area contributed by atoms with Gasteiger partial charge in [0.05, 0.1) is 49.3 Å². The molecule has 5 saturated heterocycles. The van der Waals surface area contributed by atoms with E-state index in [0.29, 0.717) is 95.7 Å². The van der Waals surface area contributed by atoms with E-state index in [2.05, 4.69) is 118 Å². The summed E-state index contributed by atoms with van der Waals surface area (Å²) in [6.45, 7) is 25.9. The average molecular weight is 965 g/mol. The molecular formula is C58H92N8O4. The van der Waals surface area contributed by atoms with E-state index in [9.17, 15) is 19.8 Å². The van der Waals surface area contributed by atoms with Gasteiger partial charge >= 0.3 is 11.9 Å². The minimum Gasteiger partial charge on any atom is -0.481 e. The Hall–Kier alpha value is -2.94. The molecule has 12 nitrogen and oxygen atoms in total. The van der Waals surface area contributed by atoms with Crippen LogP contribution in [0, 0.1) is 94.7 Å². The van der Waals surface area contributed by atoms with Crippen molar-refractivity contribution in [1.82, 2.24) is 42.5 Å². The van der Waals surface area contributed by atoms with Gasteiger partial charge in [-0.05, 0) is 210 Å². The molecule has 388 valence electrons. The molecule has 4 aliphatic carbocycles. The number of nitrogens with one attached hydrogen (secondary N) is 8. The molecule has 0 amide bonds. The summed E-state index contributed by atoms with van der Waals surface area (Å²) in [5, 5.41) is 54.9. The van der Waals surface area contributed by atoms with E-state index in [-0.39, 0.29) is 74.0 Å². The van der Waals surface area contributed by atoms with Gasteiger partial charge in [-0.2, -0.15) is 0 Å². The first-order valence-corrected chi connectivity index (χ1v) is 28.3. The van der Waals surface area contributed by atoms with Crippen molar-refractivity contribution in [3.8, 4) is 0 Å². The smallest absolute Gasteiger partial charge is 0.303 e. The normalized spacial score (nSPS) is 46.1. The van der Waals surface area contributed by atoms with E-state index in [1.54, 1.807) is 0 Å². The molecule has 0 aromatic rings. The first-order chi connectivity index (χ1) is 34.1. The van der Waals surface area contributed by atoms with Crippen molar-refractivity contribution >= 4 is 11.9 Å². The molecule has 24 unspecified atom stereocenters. The number of allylic oxidation sites excluding steroid dienone is 6. The largest absolute Gasteiger partial charge is 0.481 e. The number of hydrogen-bond donors (Lipinski definition) is 10. The van der Waals surface area contributed by atoms with Gasteiger partial charge in [0.15, 0.2) is 0 Å². The third-order valence-corrected chi connectivity index (χ3v) is 20.5. The van der Waals surface area contributed by atoms with Crippen LogP contribution in [0.5, 0.6) is 0 Å². The zero-order chi connectivity index (χ0) is 49.1. The van der Waals surface area contributed by atoms with Crippen LogP contribution in [0.25, 0.3) is 0 Å². The predicted octanol–water partition coefficient (Wildman–Crippen LogP) is 8.38. The second-order valence-corrected chi connectivity index (χ2v) is 23.9.